The van der Waals surface area contributed by atoms with E-state index in [2.05, 4.69) is 12.6 Å². The summed E-state index contributed by atoms with van der Waals surface area (Å²) < 4.78 is 16.2. The third kappa shape index (κ3) is 4.87. The Labute approximate surface area is 145 Å². The Balaban J connectivity index is 2.15. The van der Waals surface area contributed by atoms with Gasteiger partial charge in [-0.3, -0.25) is 4.57 Å². The van der Waals surface area contributed by atoms with Crippen LogP contribution in [0.15, 0.2) is 48.5 Å². The average molecular weight is 371 g/mol. The Kier molecular flexibility index (Phi) is 5.95. The van der Waals surface area contributed by atoms with Gasteiger partial charge in [0.05, 0.1) is 12.4 Å². The molecule has 2 rings (SSSR count). The van der Waals surface area contributed by atoms with Crippen molar-refractivity contribution in [3.8, 4) is 5.75 Å². The van der Waals surface area contributed by atoms with Crippen molar-refractivity contribution < 1.29 is 19.1 Å². The van der Waals surface area contributed by atoms with Crippen LogP contribution in [0, 0.1) is 0 Å². The van der Waals surface area contributed by atoms with Gasteiger partial charge < -0.3 is 14.5 Å². The minimum atomic E-state index is -4.21. The molecular formula is C16H16ClO4PS. The van der Waals surface area contributed by atoms with Crippen molar-refractivity contribution >= 4 is 43.2 Å². The third-order valence-corrected chi connectivity index (χ3v) is 4.98. The second-order valence-corrected chi connectivity index (χ2v) is 7.39. The number of ether oxygens (including phenoxy) is 1. The zero-order valence-electron chi connectivity index (χ0n) is 12.3. The zero-order chi connectivity index (χ0) is 17.0. The van der Waals surface area contributed by atoms with Gasteiger partial charge >= 0.3 is 7.60 Å². The van der Waals surface area contributed by atoms with Crippen molar-refractivity contribution in [2.24, 2.45) is 0 Å². The molecule has 0 saturated heterocycles. The van der Waals surface area contributed by atoms with E-state index < -0.39 is 7.60 Å². The number of benzene rings is 2. The number of thiol groups is 1. The molecule has 0 fully saturated rings. The molecule has 0 amide bonds. The summed E-state index contributed by atoms with van der Waals surface area (Å²) in [7, 11) is -2.63. The molecule has 0 spiro atoms. The van der Waals surface area contributed by atoms with Gasteiger partial charge in [0.15, 0.2) is 0 Å². The SMILES string of the molecule is COc1ccc(C(S)/C=C\c2ccc(P(=O)(O)O)cc2)c(Cl)c1. The van der Waals surface area contributed by atoms with E-state index in [1.165, 1.54) is 12.1 Å². The summed E-state index contributed by atoms with van der Waals surface area (Å²) in [5, 5.41) is 0.344. The monoisotopic (exact) mass is 370 g/mol. The first-order chi connectivity index (χ1) is 10.8. The number of rotatable bonds is 5. The first kappa shape index (κ1) is 18.1. The van der Waals surface area contributed by atoms with E-state index in [0.717, 1.165) is 11.1 Å². The molecule has 0 aliphatic carbocycles. The van der Waals surface area contributed by atoms with Crippen LogP contribution in [-0.4, -0.2) is 16.9 Å². The van der Waals surface area contributed by atoms with Crippen LogP contribution in [0.5, 0.6) is 5.75 Å². The van der Waals surface area contributed by atoms with Gasteiger partial charge in [-0.2, -0.15) is 12.6 Å². The molecule has 4 nitrogen and oxygen atoms in total. The second kappa shape index (κ2) is 7.56. The van der Waals surface area contributed by atoms with Crippen LogP contribution in [0.25, 0.3) is 6.08 Å². The molecule has 23 heavy (non-hydrogen) atoms. The van der Waals surface area contributed by atoms with Crippen molar-refractivity contribution in [2.45, 2.75) is 5.25 Å². The lowest BCUT2D eigenvalue weighted by molar-refractivity contribution is 0.387. The van der Waals surface area contributed by atoms with Crippen molar-refractivity contribution in [1.29, 1.82) is 0 Å². The predicted octanol–water partition coefficient (Wildman–Crippen LogP) is 3.84. The minimum Gasteiger partial charge on any atom is -0.497 e. The molecule has 2 aromatic carbocycles. The van der Waals surface area contributed by atoms with Crippen LogP contribution in [0.2, 0.25) is 5.02 Å². The highest BCUT2D eigenvalue weighted by atomic mass is 35.5. The highest BCUT2D eigenvalue weighted by Gasteiger charge is 2.15. The quantitative estimate of drug-likeness (QED) is 0.552. The molecule has 0 radical (unpaired) electrons. The first-order valence-corrected chi connectivity index (χ1v) is 9.18. The lowest BCUT2D eigenvalue weighted by Gasteiger charge is -2.10. The maximum absolute atomic E-state index is 11.1. The smallest absolute Gasteiger partial charge is 0.356 e. The zero-order valence-corrected chi connectivity index (χ0v) is 14.8. The fraction of sp³-hybridized carbons (Fsp3) is 0.125. The molecular weight excluding hydrogens is 355 g/mol. The number of methoxy groups -OCH3 is 1. The topological polar surface area (TPSA) is 66.8 Å². The normalized spacial score (nSPS) is 13.3. The summed E-state index contributed by atoms with van der Waals surface area (Å²) in [6.07, 6.45) is 3.67. The predicted molar refractivity (Wildman–Crippen MR) is 96.9 cm³/mol. The van der Waals surface area contributed by atoms with Gasteiger partial charge in [0, 0.05) is 10.3 Å². The molecule has 0 aliphatic heterocycles. The van der Waals surface area contributed by atoms with Gasteiger partial charge in [-0.05, 0) is 35.4 Å². The Morgan fingerprint density at radius 2 is 1.87 bits per heavy atom. The molecule has 122 valence electrons. The van der Waals surface area contributed by atoms with E-state index in [4.69, 9.17) is 26.1 Å². The molecule has 0 heterocycles. The van der Waals surface area contributed by atoms with Gasteiger partial charge in [-0.15, -0.1) is 0 Å². The van der Waals surface area contributed by atoms with Crippen molar-refractivity contribution in [1.82, 2.24) is 0 Å². The van der Waals surface area contributed by atoms with Gasteiger partial charge in [0.2, 0.25) is 0 Å². The molecule has 7 heteroatoms. The molecule has 0 bridgehead atoms. The maximum Gasteiger partial charge on any atom is 0.356 e. The standard InChI is InChI=1S/C16H16ClO4PS/c1-21-12-5-8-14(15(17)10-12)16(23)9-4-11-2-6-13(7-3-11)22(18,19)20/h2-10,16,23H,1H3,(H2,18,19,20)/b9-4-. The molecule has 0 aromatic heterocycles. The Hall–Kier alpha value is -1.23. The van der Waals surface area contributed by atoms with Crippen molar-refractivity contribution in [3.05, 3.63) is 64.7 Å². The summed E-state index contributed by atoms with van der Waals surface area (Å²) in [6, 6.07) is 11.5. The van der Waals surface area contributed by atoms with Crippen molar-refractivity contribution in [2.75, 3.05) is 7.11 Å². The molecule has 0 saturated carbocycles. The summed E-state index contributed by atoms with van der Waals surface area (Å²) in [6.45, 7) is 0. The molecule has 0 aliphatic rings. The Bertz CT molecular complexity index is 755. The van der Waals surface area contributed by atoms with E-state index in [1.54, 1.807) is 25.3 Å². The van der Waals surface area contributed by atoms with E-state index >= 15 is 0 Å². The van der Waals surface area contributed by atoms with Crippen LogP contribution < -0.4 is 10.0 Å². The van der Waals surface area contributed by atoms with E-state index in [-0.39, 0.29) is 10.6 Å². The van der Waals surface area contributed by atoms with Gasteiger partial charge in [-0.1, -0.05) is 42.0 Å². The first-order valence-electron chi connectivity index (χ1n) is 6.67. The van der Waals surface area contributed by atoms with Crippen molar-refractivity contribution in [3.63, 3.8) is 0 Å². The Morgan fingerprint density at radius 1 is 1.22 bits per heavy atom. The molecule has 1 unspecified atom stereocenters. The van der Waals surface area contributed by atoms with Crippen LogP contribution in [0.4, 0.5) is 0 Å². The largest absolute Gasteiger partial charge is 0.497 e. The highest BCUT2D eigenvalue weighted by Crippen LogP contribution is 2.34. The summed E-state index contributed by atoms with van der Waals surface area (Å²) in [5.74, 6) is 0.677. The van der Waals surface area contributed by atoms with E-state index in [0.29, 0.717) is 10.8 Å². The average Bonchev–Trinajstić information content (AvgIpc) is 2.52. The summed E-state index contributed by atoms with van der Waals surface area (Å²) >= 11 is 10.7. The van der Waals surface area contributed by atoms with E-state index in [1.807, 2.05) is 24.3 Å². The molecule has 2 aromatic rings. The second-order valence-electron chi connectivity index (χ2n) is 4.83. The third-order valence-electron chi connectivity index (χ3n) is 3.23. The van der Waals surface area contributed by atoms with E-state index in [9.17, 15) is 4.57 Å². The highest BCUT2D eigenvalue weighted by molar-refractivity contribution is 7.80. The number of hydrogen-bond acceptors (Lipinski definition) is 3. The lowest BCUT2D eigenvalue weighted by Crippen LogP contribution is -2.02. The molecule has 2 N–H and O–H groups in total. The Morgan fingerprint density at radius 3 is 2.39 bits per heavy atom. The maximum atomic E-state index is 11.1. The van der Waals surface area contributed by atoms with Crippen LogP contribution >= 0.6 is 31.8 Å². The fourth-order valence-electron chi connectivity index (χ4n) is 1.96. The van der Waals surface area contributed by atoms with Gasteiger partial charge in [-0.25, -0.2) is 0 Å². The fourth-order valence-corrected chi connectivity index (χ4v) is 3.17. The van der Waals surface area contributed by atoms with Crippen LogP contribution in [0.3, 0.4) is 0 Å². The van der Waals surface area contributed by atoms with Crippen LogP contribution in [-0.2, 0) is 4.57 Å². The molecule has 1 atom stereocenters. The lowest BCUT2D eigenvalue weighted by atomic mass is 10.1. The van der Waals surface area contributed by atoms with Gasteiger partial charge in [0.25, 0.3) is 0 Å². The summed E-state index contributed by atoms with van der Waals surface area (Å²) in [5.41, 5.74) is 1.66. The van der Waals surface area contributed by atoms with Gasteiger partial charge in [0.1, 0.15) is 5.75 Å². The summed E-state index contributed by atoms with van der Waals surface area (Å²) in [4.78, 5) is 18.2. The number of halogens is 1. The van der Waals surface area contributed by atoms with Crippen LogP contribution in [0.1, 0.15) is 16.4 Å². The number of hydrogen-bond donors (Lipinski definition) is 3. The minimum absolute atomic E-state index is 0.00438.